The monoisotopic (exact) mass is 471 g/mol. The second-order valence-electron chi connectivity index (χ2n) is 9.87. The van der Waals surface area contributed by atoms with E-state index in [1.165, 1.54) is 45.3 Å². The molecule has 9 heteroatoms. The van der Waals surface area contributed by atoms with Crippen molar-refractivity contribution in [3.8, 4) is 11.3 Å². The van der Waals surface area contributed by atoms with Gasteiger partial charge >= 0.3 is 0 Å². The molecule has 1 aliphatic carbocycles. The van der Waals surface area contributed by atoms with Crippen LogP contribution in [0.1, 0.15) is 25.7 Å². The zero-order chi connectivity index (χ0) is 22.8. The molecule has 2 saturated heterocycles. The minimum absolute atomic E-state index is 0.452. The maximum atomic E-state index is 11.5. The largest absolute Gasteiger partial charge is 0.381 e. The molecule has 0 amide bonds. The summed E-state index contributed by atoms with van der Waals surface area (Å²) in [4.78, 5) is 2.68. The maximum Gasteiger partial charge on any atom is 0.229 e. The summed E-state index contributed by atoms with van der Waals surface area (Å²) in [6.07, 6.45) is 5.95. The van der Waals surface area contributed by atoms with Gasteiger partial charge in [-0.05, 0) is 67.7 Å². The Labute approximate surface area is 196 Å². The number of benzene rings is 1. The summed E-state index contributed by atoms with van der Waals surface area (Å²) in [5.41, 5.74) is 2.05. The van der Waals surface area contributed by atoms with Gasteiger partial charge in [-0.1, -0.05) is 12.1 Å². The summed E-state index contributed by atoms with van der Waals surface area (Å²) in [5, 5.41) is 12.3. The number of fused-ring (bicyclic) bond motifs is 1. The minimum Gasteiger partial charge on any atom is -0.381 e. The predicted molar refractivity (Wildman–Crippen MR) is 130 cm³/mol. The first kappa shape index (κ1) is 22.6. The molecule has 2 aromatic rings. The van der Waals surface area contributed by atoms with Crippen LogP contribution in [0.2, 0.25) is 0 Å². The van der Waals surface area contributed by atoms with E-state index in [1.807, 2.05) is 18.2 Å². The third-order valence-corrected chi connectivity index (χ3v) is 7.77. The minimum atomic E-state index is -3.32. The van der Waals surface area contributed by atoms with Crippen molar-refractivity contribution in [3.63, 3.8) is 0 Å². The van der Waals surface area contributed by atoms with Crippen LogP contribution in [0.15, 0.2) is 36.4 Å². The third kappa shape index (κ3) is 5.83. The fraction of sp³-hybridized carbons (Fsp3) is 0.583. The zero-order valence-corrected chi connectivity index (χ0v) is 19.9. The first-order valence-electron chi connectivity index (χ1n) is 11.9. The molecule has 0 radical (unpaired) electrons. The quantitative estimate of drug-likeness (QED) is 0.641. The standard InChI is InChI=1S/C24H33N5O3S/c1-33(30,31)28-21-4-2-3-18(11-21)23-5-6-24(27-26-23)25-22-12-19-15-29(16-20(19)13-22)14-17-7-9-32-10-8-17/h2-6,11,17,19-20,22,28H,7-10,12-16H2,1H3,(H,25,27). The molecule has 1 saturated carbocycles. The van der Waals surface area contributed by atoms with Gasteiger partial charge in [0.1, 0.15) is 5.82 Å². The predicted octanol–water partition coefficient (Wildman–Crippen LogP) is 3.06. The summed E-state index contributed by atoms with van der Waals surface area (Å²) in [6, 6.07) is 11.5. The van der Waals surface area contributed by atoms with Crippen molar-refractivity contribution in [3.05, 3.63) is 36.4 Å². The summed E-state index contributed by atoms with van der Waals surface area (Å²) < 4.78 is 31.0. The second kappa shape index (κ2) is 9.56. The Morgan fingerprint density at radius 2 is 1.82 bits per heavy atom. The topological polar surface area (TPSA) is 96.5 Å². The maximum absolute atomic E-state index is 11.5. The van der Waals surface area contributed by atoms with Crippen LogP contribution in [-0.2, 0) is 14.8 Å². The number of likely N-dealkylation sites (tertiary alicyclic amines) is 1. The Morgan fingerprint density at radius 1 is 1.06 bits per heavy atom. The van der Waals surface area contributed by atoms with Crippen molar-refractivity contribution >= 4 is 21.5 Å². The van der Waals surface area contributed by atoms with Crippen LogP contribution < -0.4 is 10.0 Å². The number of anilines is 2. The molecular weight excluding hydrogens is 438 g/mol. The Hall–Kier alpha value is -2.23. The molecular formula is C24H33N5O3S. The van der Waals surface area contributed by atoms with Crippen LogP contribution in [0.25, 0.3) is 11.3 Å². The van der Waals surface area contributed by atoms with E-state index in [9.17, 15) is 8.42 Å². The highest BCUT2D eigenvalue weighted by molar-refractivity contribution is 7.92. The summed E-state index contributed by atoms with van der Waals surface area (Å²) >= 11 is 0. The molecule has 3 heterocycles. The number of sulfonamides is 1. The van der Waals surface area contributed by atoms with E-state index in [1.54, 1.807) is 18.2 Å². The highest BCUT2D eigenvalue weighted by Gasteiger charge is 2.41. The van der Waals surface area contributed by atoms with Gasteiger partial charge in [-0.2, -0.15) is 0 Å². The van der Waals surface area contributed by atoms with E-state index in [4.69, 9.17) is 4.74 Å². The van der Waals surface area contributed by atoms with Gasteiger partial charge < -0.3 is 15.0 Å². The first-order valence-corrected chi connectivity index (χ1v) is 13.8. The smallest absolute Gasteiger partial charge is 0.229 e. The van der Waals surface area contributed by atoms with Crippen molar-refractivity contribution < 1.29 is 13.2 Å². The van der Waals surface area contributed by atoms with Crippen LogP contribution in [-0.4, -0.2) is 68.7 Å². The highest BCUT2D eigenvalue weighted by Crippen LogP contribution is 2.39. The van der Waals surface area contributed by atoms with E-state index >= 15 is 0 Å². The molecule has 2 aliphatic heterocycles. The molecule has 3 fully saturated rings. The zero-order valence-electron chi connectivity index (χ0n) is 19.1. The van der Waals surface area contributed by atoms with E-state index in [0.29, 0.717) is 17.4 Å². The van der Waals surface area contributed by atoms with Gasteiger partial charge in [0.25, 0.3) is 0 Å². The van der Waals surface area contributed by atoms with Crippen molar-refractivity contribution in [1.29, 1.82) is 0 Å². The first-order chi connectivity index (χ1) is 15.9. The molecule has 33 heavy (non-hydrogen) atoms. The Balaban J connectivity index is 1.13. The lowest BCUT2D eigenvalue weighted by Crippen LogP contribution is -2.32. The van der Waals surface area contributed by atoms with E-state index in [-0.39, 0.29) is 0 Å². The summed E-state index contributed by atoms with van der Waals surface area (Å²) in [5.74, 6) is 3.16. The highest BCUT2D eigenvalue weighted by atomic mass is 32.2. The van der Waals surface area contributed by atoms with Crippen LogP contribution in [0, 0.1) is 17.8 Å². The number of aromatic nitrogens is 2. The lowest BCUT2D eigenvalue weighted by Gasteiger charge is -2.27. The Kier molecular flexibility index (Phi) is 6.53. The molecule has 1 aromatic heterocycles. The molecule has 2 atom stereocenters. The van der Waals surface area contributed by atoms with E-state index in [2.05, 4.69) is 25.1 Å². The molecule has 0 bridgehead atoms. The fourth-order valence-electron chi connectivity index (χ4n) is 5.69. The van der Waals surface area contributed by atoms with E-state index in [0.717, 1.165) is 48.6 Å². The van der Waals surface area contributed by atoms with Gasteiger partial charge in [-0.3, -0.25) is 4.72 Å². The van der Waals surface area contributed by atoms with Gasteiger partial charge in [-0.15, -0.1) is 10.2 Å². The lowest BCUT2D eigenvalue weighted by molar-refractivity contribution is 0.0545. The van der Waals surface area contributed by atoms with E-state index < -0.39 is 10.0 Å². The Bertz CT molecular complexity index is 1040. The second-order valence-corrected chi connectivity index (χ2v) is 11.6. The third-order valence-electron chi connectivity index (χ3n) is 7.16. The number of hydrogen-bond acceptors (Lipinski definition) is 7. The van der Waals surface area contributed by atoms with Crippen LogP contribution >= 0.6 is 0 Å². The average molecular weight is 472 g/mol. The number of nitrogens with one attached hydrogen (secondary N) is 2. The summed E-state index contributed by atoms with van der Waals surface area (Å²) in [7, 11) is -3.32. The summed E-state index contributed by atoms with van der Waals surface area (Å²) in [6.45, 7) is 5.55. The van der Waals surface area contributed by atoms with Crippen molar-refractivity contribution in [2.24, 2.45) is 17.8 Å². The molecule has 5 rings (SSSR count). The molecule has 0 spiro atoms. The molecule has 1 aromatic carbocycles. The van der Waals surface area contributed by atoms with Gasteiger partial charge in [0.2, 0.25) is 10.0 Å². The number of nitrogens with zero attached hydrogens (tertiary/aromatic N) is 3. The van der Waals surface area contributed by atoms with Gasteiger partial charge in [0, 0.05) is 50.1 Å². The SMILES string of the molecule is CS(=O)(=O)Nc1cccc(-c2ccc(NC3CC4CN(CC5CCOCC5)CC4C3)nn2)c1. The van der Waals surface area contributed by atoms with Crippen LogP contribution in [0.5, 0.6) is 0 Å². The number of ether oxygens (including phenoxy) is 1. The van der Waals surface area contributed by atoms with Crippen molar-refractivity contribution in [2.75, 3.05) is 49.1 Å². The number of rotatable bonds is 7. The van der Waals surface area contributed by atoms with Gasteiger partial charge in [0.15, 0.2) is 0 Å². The molecule has 2 N–H and O–H groups in total. The van der Waals surface area contributed by atoms with Crippen molar-refractivity contribution in [2.45, 2.75) is 31.7 Å². The van der Waals surface area contributed by atoms with Gasteiger partial charge in [0.05, 0.1) is 11.9 Å². The molecule has 8 nitrogen and oxygen atoms in total. The number of hydrogen-bond donors (Lipinski definition) is 2. The van der Waals surface area contributed by atoms with Crippen LogP contribution in [0.4, 0.5) is 11.5 Å². The van der Waals surface area contributed by atoms with Gasteiger partial charge in [-0.25, -0.2) is 8.42 Å². The van der Waals surface area contributed by atoms with Crippen LogP contribution in [0.3, 0.4) is 0 Å². The average Bonchev–Trinajstić information content (AvgIpc) is 3.32. The van der Waals surface area contributed by atoms with Crippen molar-refractivity contribution in [1.82, 2.24) is 15.1 Å². The normalized spacial score (nSPS) is 26.3. The molecule has 178 valence electrons. The lowest BCUT2D eigenvalue weighted by atomic mass is 10.00. The molecule has 2 unspecified atom stereocenters. The molecule has 3 aliphatic rings. The Morgan fingerprint density at radius 3 is 2.48 bits per heavy atom. The fourth-order valence-corrected chi connectivity index (χ4v) is 6.24.